The molecule has 0 aliphatic rings. The maximum absolute atomic E-state index is 12.6. The second-order valence-corrected chi connectivity index (χ2v) is 10.9. The summed E-state index contributed by atoms with van der Waals surface area (Å²) in [5, 5.41) is 4.28. The van der Waals surface area contributed by atoms with Crippen LogP contribution in [0.1, 0.15) is 12.5 Å². The Morgan fingerprint density at radius 1 is 0.912 bits per heavy atom. The molecule has 1 unspecified atom stereocenters. The van der Waals surface area contributed by atoms with E-state index in [-0.39, 0.29) is 16.1 Å². The zero-order valence-electron chi connectivity index (χ0n) is 18.6. The first-order valence-electron chi connectivity index (χ1n) is 10.9. The van der Waals surface area contributed by atoms with Crippen molar-refractivity contribution in [3.63, 3.8) is 0 Å². The van der Waals surface area contributed by atoms with Gasteiger partial charge in [0, 0.05) is 17.6 Å². The molecule has 6 nitrogen and oxygen atoms in total. The highest BCUT2D eigenvalue weighted by molar-refractivity contribution is 8.00. The number of pyridine rings is 1. The molecule has 1 aromatic heterocycles. The third-order valence-electron chi connectivity index (χ3n) is 5.22. The SMILES string of the molecule is CC(Sc1ccc2ccccc2n1)C(=O)Nc1ccc(S(=O)(=O)NCCc2ccccc2)cc1. The Morgan fingerprint density at radius 2 is 1.62 bits per heavy atom. The van der Waals surface area contributed by atoms with Gasteiger partial charge < -0.3 is 5.32 Å². The lowest BCUT2D eigenvalue weighted by atomic mass is 10.2. The van der Waals surface area contributed by atoms with Crippen molar-refractivity contribution in [2.75, 3.05) is 11.9 Å². The number of anilines is 1. The Labute approximate surface area is 203 Å². The van der Waals surface area contributed by atoms with Crippen LogP contribution in [0.3, 0.4) is 0 Å². The van der Waals surface area contributed by atoms with Crippen molar-refractivity contribution >= 4 is 44.3 Å². The van der Waals surface area contributed by atoms with Crippen LogP contribution in [0.2, 0.25) is 0 Å². The number of thioether (sulfide) groups is 1. The van der Waals surface area contributed by atoms with Crippen LogP contribution < -0.4 is 10.0 Å². The van der Waals surface area contributed by atoms with Gasteiger partial charge in [-0.25, -0.2) is 18.1 Å². The number of carbonyl (C=O) groups is 1. The second-order valence-electron chi connectivity index (χ2n) is 7.75. The number of nitrogens with one attached hydrogen (secondary N) is 2. The maximum Gasteiger partial charge on any atom is 0.240 e. The summed E-state index contributed by atoms with van der Waals surface area (Å²) in [6.07, 6.45) is 0.607. The van der Waals surface area contributed by atoms with Crippen molar-refractivity contribution < 1.29 is 13.2 Å². The van der Waals surface area contributed by atoms with Gasteiger partial charge in [0.05, 0.1) is 20.7 Å². The average Bonchev–Trinajstić information content (AvgIpc) is 2.85. The third-order valence-corrected chi connectivity index (χ3v) is 7.73. The van der Waals surface area contributed by atoms with Gasteiger partial charge in [0.15, 0.2) is 0 Å². The van der Waals surface area contributed by atoms with E-state index in [2.05, 4.69) is 15.0 Å². The molecule has 1 amide bonds. The maximum atomic E-state index is 12.6. The molecule has 0 fully saturated rings. The van der Waals surface area contributed by atoms with Crippen LogP contribution in [-0.4, -0.2) is 31.1 Å². The fourth-order valence-corrected chi connectivity index (χ4v) is 5.22. The van der Waals surface area contributed by atoms with Crippen LogP contribution in [0.5, 0.6) is 0 Å². The molecule has 4 rings (SSSR count). The molecule has 2 N–H and O–H groups in total. The predicted molar refractivity (Wildman–Crippen MR) is 137 cm³/mol. The minimum atomic E-state index is -3.63. The number of nitrogens with zero attached hydrogens (tertiary/aromatic N) is 1. The molecule has 0 aliphatic heterocycles. The van der Waals surface area contributed by atoms with E-state index in [9.17, 15) is 13.2 Å². The molecular weight excluding hydrogens is 466 g/mol. The smallest absolute Gasteiger partial charge is 0.240 e. The number of aromatic nitrogens is 1. The summed E-state index contributed by atoms with van der Waals surface area (Å²) in [4.78, 5) is 17.4. The summed E-state index contributed by atoms with van der Waals surface area (Å²) in [6.45, 7) is 2.12. The first-order chi connectivity index (χ1) is 16.4. The van der Waals surface area contributed by atoms with E-state index in [1.54, 1.807) is 12.1 Å². The molecule has 0 radical (unpaired) electrons. The van der Waals surface area contributed by atoms with E-state index in [4.69, 9.17) is 0 Å². The standard InChI is InChI=1S/C26H25N3O3S2/c1-19(33-25-16-11-21-9-5-6-10-24(21)29-25)26(30)28-22-12-14-23(15-13-22)34(31,32)27-18-17-20-7-3-2-4-8-20/h2-16,19,27H,17-18H2,1H3,(H,28,30). The molecule has 1 heterocycles. The van der Waals surface area contributed by atoms with E-state index in [1.165, 1.54) is 23.9 Å². The first kappa shape index (κ1) is 23.9. The summed E-state index contributed by atoms with van der Waals surface area (Å²) in [5.41, 5.74) is 2.48. The van der Waals surface area contributed by atoms with Gasteiger partial charge in [-0.15, -0.1) is 0 Å². The highest BCUT2D eigenvalue weighted by Gasteiger charge is 2.17. The molecule has 0 saturated heterocycles. The molecule has 0 aliphatic carbocycles. The van der Waals surface area contributed by atoms with Gasteiger partial charge in [0.1, 0.15) is 0 Å². The number of carbonyl (C=O) groups excluding carboxylic acids is 1. The highest BCUT2D eigenvalue weighted by Crippen LogP contribution is 2.25. The van der Waals surface area contributed by atoms with Crippen molar-refractivity contribution in [2.45, 2.75) is 28.5 Å². The van der Waals surface area contributed by atoms with Gasteiger partial charge in [-0.2, -0.15) is 0 Å². The molecule has 4 aromatic rings. The molecule has 3 aromatic carbocycles. The number of fused-ring (bicyclic) bond motifs is 1. The van der Waals surface area contributed by atoms with E-state index in [1.807, 2.05) is 73.7 Å². The molecule has 174 valence electrons. The van der Waals surface area contributed by atoms with Gasteiger partial charge in [0.2, 0.25) is 15.9 Å². The quantitative estimate of drug-likeness (QED) is 0.326. The van der Waals surface area contributed by atoms with Crippen LogP contribution in [0.4, 0.5) is 5.69 Å². The lowest BCUT2D eigenvalue weighted by Gasteiger charge is -2.13. The largest absolute Gasteiger partial charge is 0.325 e. The molecule has 0 spiro atoms. The number of para-hydroxylation sites is 1. The Balaban J connectivity index is 1.32. The van der Waals surface area contributed by atoms with Crippen molar-refractivity contribution in [1.29, 1.82) is 0 Å². The second kappa shape index (κ2) is 10.8. The van der Waals surface area contributed by atoms with Crippen molar-refractivity contribution in [2.24, 2.45) is 0 Å². The number of amides is 1. The van der Waals surface area contributed by atoms with Crippen LogP contribution >= 0.6 is 11.8 Å². The average molecular weight is 492 g/mol. The molecule has 0 bridgehead atoms. The number of hydrogen-bond acceptors (Lipinski definition) is 5. The van der Waals surface area contributed by atoms with Crippen LogP contribution in [0, 0.1) is 0 Å². The molecular formula is C26H25N3O3S2. The Bertz CT molecular complexity index is 1380. The predicted octanol–water partition coefficient (Wildman–Crippen LogP) is 4.88. The van der Waals surface area contributed by atoms with Crippen LogP contribution in [-0.2, 0) is 21.2 Å². The van der Waals surface area contributed by atoms with Crippen molar-refractivity contribution in [3.05, 3.63) is 96.6 Å². The normalized spacial score (nSPS) is 12.4. The summed E-state index contributed by atoms with van der Waals surface area (Å²) in [5.74, 6) is -0.184. The Hall–Kier alpha value is -3.20. The van der Waals surface area contributed by atoms with Gasteiger partial charge in [0.25, 0.3) is 0 Å². The van der Waals surface area contributed by atoms with Gasteiger partial charge in [-0.3, -0.25) is 4.79 Å². The lowest BCUT2D eigenvalue weighted by Crippen LogP contribution is -2.26. The van der Waals surface area contributed by atoms with Crippen LogP contribution in [0.15, 0.2) is 101 Å². The van der Waals surface area contributed by atoms with E-state index >= 15 is 0 Å². The monoisotopic (exact) mass is 491 g/mol. The van der Waals surface area contributed by atoms with Crippen molar-refractivity contribution in [3.8, 4) is 0 Å². The summed E-state index contributed by atoms with van der Waals surface area (Å²) < 4.78 is 27.7. The number of benzene rings is 3. The third kappa shape index (κ3) is 6.22. The molecule has 34 heavy (non-hydrogen) atoms. The molecule has 1 atom stereocenters. The highest BCUT2D eigenvalue weighted by atomic mass is 32.2. The van der Waals surface area contributed by atoms with E-state index in [0.29, 0.717) is 18.7 Å². The minimum Gasteiger partial charge on any atom is -0.325 e. The van der Waals surface area contributed by atoms with Crippen molar-refractivity contribution in [1.82, 2.24) is 9.71 Å². The Morgan fingerprint density at radius 3 is 2.38 bits per heavy atom. The summed E-state index contributed by atoms with van der Waals surface area (Å²) >= 11 is 1.37. The number of rotatable bonds is 9. The zero-order valence-corrected chi connectivity index (χ0v) is 20.3. The molecule has 0 saturated carbocycles. The zero-order chi connectivity index (χ0) is 24.0. The summed E-state index contributed by atoms with van der Waals surface area (Å²) in [7, 11) is -3.63. The lowest BCUT2D eigenvalue weighted by molar-refractivity contribution is -0.115. The topological polar surface area (TPSA) is 88.2 Å². The fraction of sp³-hybridized carbons (Fsp3) is 0.154. The minimum absolute atomic E-state index is 0.154. The Kier molecular flexibility index (Phi) is 7.62. The van der Waals surface area contributed by atoms with Gasteiger partial charge >= 0.3 is 0 Å². The van der Waals surface area contributed by atoms with Crippen LogP contribution in [0.25, 0.3) is 10.9 Å². The summed E-state index contributed by atoms with van der Waals surface area (Å²) in [6, 6.07) is 27.6. The number of hydrogen-bond donors (Lipinski definition) is 2. The fourth-order valence-electron chi connectivity index (χ4n) is 3.37. The van der Waals surface area contributed by atoms with E-state index in [0.717, 1.165) is 21.5 Å². The van der Waals surface area contributed by atoms with Gasteiger partial charge in [-0.1, -0.05) is 66.4 Å². The van der Waals surface area contributed by atoms with E-state index < -0.39 is 10.0 Å². The first-order valence-corrected chi connectivity index (χ1v) is 13.2. The van der Waals surface area contributed by atoms with Gasteiger partial charge in [-0.05, 0) is 55.3 Å². The molecule has 8 heteroatoms. The number of sulfonamides is 1.